The van der Waals surface area contributed by atoms with Crippen LogP contribution in [-0.4, -0.2) is 26.1 Å². The molecule has 0 atom stereocenters. The number of rotatable bonds is 5. The summed E-state index contributed by atoms with van der Waals surface area (Å²) >= 11 is 0. The molecular weight excluding hydrogens is 198 g/mol. The molecule has 3 nitrogen and oxygen atoms in total. The third-order valence-electron chi connectivity index (χ3n) is 4.17. The van der Waals surface area contributed by atoms with Crippen molar-refractivity contribution in [1.29, 1.82) is 0 Å². The third-order valence-corrected chi connectivity index (χ3v) is 4.17. The first kappa shape index (κ1) is 11.7. The van der Waals surface area contributed by atoms with Crippen LogP contribution in [0.4, 0.5) is 0 Å². The van der Waals surface area contributed by atoms with Crippen molar-refractivity contribution in [1.82, 2.24) is 10.6 Å². The fourth-order valence-electron chi connectivity index (χ4n) is 2.78. The number of nitrogens with zero attached hydrogens (tertiary/aromatic N) is 1. The third kappa shape index (κ3) is 2.50. The molecule has 2 saturated carbocycles. The van der Waals surface area contributed by atoms with E-state index in [0.29, 0.717) is 5.41 Å². The Balaban J connectivity index is 1.76. The number of hydrogen-bond donors (Lipinski definition) is 2. The molecule has 2 aliphatic rings. The molecule has 0 bridgehead atoms. The number of nitrogens with one attached hydrogen (secondary N) is 2. The van der Waals surface area contributed by atoms with Crippen LogP contribution in [0.15, 0.2) is 4.99 Å². The van der Waals surface area contributed by atoms with Gasteiger partial charge < -0.3 is 10.6 Å². The zero-order valence-corrected chi connectivity index (χ0v) is 10.7. The van der Waals surface area contributed by atoms with E-state index in [1.54, 1.807) is 0 Å². The molecule has 0 aromatic heterocycles. The van der Waals surface area contributed by atoms with E-state index >= 15 is 0 Å². The minimum atomic E-state index is 0.629. The summed E-state index contributed by atoms with van der Waals surface area (Å²) in [6.07, 6.45) is 8.35. The minimum Gasteiger partial charge on any atom is -0.356 e. The van der Waals surface area contributed by atoms with E-state index in [0.717, 1.165) is 31.4 Å². The van der Waals surface area contributed by atoms with Gasteiger partial charge in [-0.05, 0) is 43.4 Å². The molecule has 3 heteroatoms. The van der Waals surface area contributed by atoms with Gasteiger partial charge in [-0.15, -0.1) is 0 Å². The lowest BCUT2D eigenvalue weighted by molar-refractivity contribution is 0.106. The van der Waals surface area contributed by atoms with E-state index in [1.165, 1.54) is 32.1 Å². The molecule has 2 fully saturated rings. The van der Waals surface area contributed by atoms with Gasteiger partial charge >= 0.3 is 0 Å². The molecule has 0 radical (unpaired) electrons. The zero-order chi connectivity index (χ0) is 11.4. The molecule has 0 spiro atoms. The van der Waals surface area contributed by atoms with Crippen LogP contribution in [0.1, 0.15) is 45.4 Å². The van der Waals surface area contributed by atoms with Gasteiger partial charge in [-0.25, -0.2) is 0 Å². The van der Waals surface area contributed by atoms with Gasteiger partial charge in [-0.2, -0.15) is 0 Å². The van der Waals surface area contributed by atoms with Crippen LogP contribution < -0.4 is 10.6 Å². The van der Waals surface area contributed by atoms with Gasteiger partial charge in [-0.1, -0.05) is 13.3 Å². The van der Waals surface area contributed by atoms with Crippen molar-refractivity contribution >= 4 is 5.96 Å². The van der Waals surface area contributed by atoms with E-state index in [4.69, 9.17) is 0 Å². The lowest BCUT2D eigenvalue weighted by atomic mass is 9.65. The highest BCUT2D eigenvalue weighted by Gasteiger charge is 2.48. The van der Waals surface area contributed by atoms with E-state index in [-0.39, 0.29) is 0 Å². The van der Waals surface area contributed by atoms with Crippen molar-refractivity contribution in [2.24, 2.45) is 16.3 Å². The zero-order valence-electron chi connectivity index (χ0n) is 10.7. The highest BCUT2D eigenvalue weighted by molar-refractivity contribution is 5.79. The van der Waals surface area contributed by atoms with E-state index in [1.807, 2.05) is 7.05 Å². The van der Waals surface area contributed by atoms with Gasteiger partial charge in [0.15, 0.2) is 5.96 Å². The Bertz CT molecular complexity index is 252. The van der Waals surface area contributed by atoms with Gasteiger partial charge in [0.05, 0.1) is 0 Å². The second kappa shape index (κ2) is 5.07. The molecule has 16 heavy (non-hydrogen) atoms. The van der Waals surface area contributed by atoms with E-state index in [2.05, 4.69) is 22.5 Å². The maximum atomic E-state index is 4.26. The van der Waals surface area contributed by atoms with Crippen LogP contribution in [0.25, 0.3) is 0 Å². The first-order valence-electron chi connectivity index (χ1n) is 6.75. The Morgan fingerprint density at radius 2 is 2.06 bits per heavy atom. The van der Waals surface area contributed by atoms with Crippen molar-refractivity contribution in [2.45, 2.75) is 45.4 Å². The topological polar surface area (TPSA) is 36.4 Å². The standard InChI is InChI=1S/C13H25N3/c1-3-9-15-12(14-2)16-10-13(7-4-8-13)11-5-6-11/h11H,3-10H2,1-2H3,(H2,14,15,16). The fourth-order valence-corrected chi connectivity index (χ4v) is 2.78. The maximum absolute atomic E-state index is 4.26. The quantitative estimate of drug-likeness (QED) is 0.553. The Kier molecular flexibility index (Phi) is 3.72. The lowest BCUT2D eigenvalue weighted by Crippen LogP contribution is -2.47. The molecule has 2 rings (SSSR count). The van der Waals surface area contributed by atoms with Gasteiger partial charge in [-0.3, -0.25) is 4.99 Å². The highest BCUT2D eigenvalue weighted by Crippen LogP contribution is 2.56. The second-order valence-corrected chi connectivity index (χ2v) is 5.34. The average Bonchev–Trinajstić information content (AvgIpc) is 3.05. The molecule has 0 aromatic rings. The Hall–Kier alpha value is -0.730. The van der Waals surface area contributed by atoms with Gasteiger partial charge in [0, 0.05) is 20.1 Å². The Labute approximate surface area is 99.1 Å². The van der Waals surface area contributed by atoms with Gasteiger partial charge in [0.1, 0.15) is 0 Å². The monoisotopic (exact) mass is 223 g/mol. The van der Waals surface area contributed by atoms with Crippen molar-refractivity contribution in [3.8, 4) is 0 Å². The van der Waals surface area contributed by atoms with Gasteiger partial charge in [0.25, 0.3) is 0 Å². The number of aliphatic imine (C=N–C) groups is 1. The summed E-state index contributed by atoms with van der Waals surface area (Å²) in [5.74, 6) is 1.99. The molecule has 0 saturated heterocycles. The SMILES string of the molecule is CCCNC(=NC)NCC1(C2CC2)CCC1. The molecular formula is C13H25N3. The van der Waals surface area contributed by atoms with Crippen LogP contribution >= 0.6 is 0 Å². The largest absolute Gasteiger partial charge is 0.356 e. The lowest BCUT2D eigenvalue weighted by Gasteiger charge is -2.43. The summed E-state index contributed by atoms with van der Waals surface area (Å²) in [4.78, 5) is 4.26. The van der Waals surface area contributed by atoms with Crippen LogP contribution in [-0.2, 0) is 0 Å². The Morgan fingerprint density at radius 3 is 2.50 bits per heavy atom. The summed E-state index contributed by atoms with van der Waals surface area (Å²) in [5, 5.41) is 6.85. The van der Waals surface area contributed by atoms with Crippen molar-refractivity contribution in [3.63, 3.8) is 0 Å². The maximum Gasteiger partial charge on any atom is 0.190 e. The molecule has 2 aliphatic carbocycles. The van der Waals surface area contributed by atoms with Crippen molar-refractivity contribution in [3.05, 3.63) is 0 Å². The highest BCUT2D eigenvalue weighted by atomic mass is 15.2. The summed E-state index contributed by atoms with van der Waals surface area (Å²) in [5.41, 5.74) is 0.629. The fraction of sp³-hybridized carbons (Fsp3) is 0.923. The molecule has 92 valence electrons. The molecule has 0 unspecified atom stereocenters. The van der Waals surface area contributed by atoms with Crippen molar-refractivity contribution < 1.29 is 0 Å². The van der Waals surface area contributed by atoms with Crippen LogP contribution in [0, 0.1) is 11.3 Å². The molecule has 2 N–H and O–H groups in total. The minimum absolute atomic E-state index is 0.629. The normalized spacial score (nSPS) is 23.8. The molecule has 0 amide bonds. The molecule has 0 aliphatic heterocycles. The van der Waals surface area contributed by atoms with E-state index < -0.39 is 0 Å². The number of guanidine groups is 1. The first-order valence-corrected chi connectivity index (χ1v) is 6.75. The summed E-state index contributed by atoms with van der Waals surface area (Å²) < 4.78 is 0. The summed E-state index contributed by atoms with van der Waals surface area (Å²) in [7, 11) is 1.86. The van der Waals surface area contributed by atoms with Crippen LogP contribution in [0.2, 0.25) is 0 Å². The van der Waals surface area contributed by atoms with Gasteiger partial charge in [0.2, 0.25) is 0 Å². The Morgan fingerprint density at radius 1 is 1.31 bits per heavy atom. The van der Waals surface area contributed by atoms with E-state index in [9.17, 15) is 0 Å². The molecule has 0 aromatic carbocycles. The molecule has 0 heterocycles. The summed E-state index contributed by atoms with van der Waals surface area (Å²) in [6, 6.07) is 0. The van der Waals surface area contributed by atoms with Crippen LogP contribution in [0.3, 0.4) is 0 Å². The first-order chi connectivity index (χ1) is 7.80. The average molecular weight is 223 g/mol. The van der Waals surface area contributed by atoms with Crippen LogP contribution in [0.5, 0.6) is 0 Å². The summed E-state index contributed by atoms with van der Waals surface area (Å²) in [6.45, 7) is 4.31. The smallest absolute Gasteiger partial charge is 0.190 e. The van der Waals surface area contributed by atoms with Crippen molar-refractivity contribution in [2.75, 3.05) is 20.1 Å². The predicted octanol–water partition coefficient (Wildman–Crippen LogP) is 2.14. The predicted molar refractivity (Wildman–Crippen MR) is 68.7 cm³/mol. The second-order valence-electron chi connectivity index (χ2n) is 5.34. The number of hydrogen-bond acceptors (Lipinski definition) is 1.